The minimum Gasteiger partial charge on any atom is -0.497 e. The van der Waals surface area contributed by atoms with Crippen molar-refractivity contribution >= 4 is 16.6 Å². The van der Waals surface area contributed by atoms with Crippen molar-refractivity contribution in [3.8, 4) is 11.6 Å². The number of aromatic hydroxyl groups is 1. The summed E-state index contributed by atoms with van der Waals surface area (Å²) < 4.78 is 6.80. The summed E-state index contributed by atoms with van der Waals surface area (Å²) in [5, 5.41) is 13.8. The Morgan fingerprint density at radius 2 is 1.86 bits per heavy atom. The molecule has 1 N–H and O–H groups in total. The third-order valence-electron chi connectivity index (χ3n) is 3.51. The number of fused-ring (bicyclic) bond motifs is 1. The first kappa shape index (κ1) is 13.2. The number of aromatic nitrogens is 1. The van der Waals surface area contributed by atoms with Crippen molar-refractivity contribution in [2.24, 2.45) is 5.18 Å². The SMILES string of the molecule is COc1ccc(Cn2c(O)c(N=O)c3ccccc32)cc1. The average Bonchev–Trinajstić information content (AvgIpc) is 2.80. The highest BCUT2D eigenvalue weighted by atomic mass is 16.5. The number of hydrogen-bond acceptors (Lipinski definition) is 4. The summed E-state index contributed by atoms with van der Waals surface area (Å²) in [4.78, 5) is 11.0. The standard InChI is InChI=1S/C16H14N2O3/c1-21-12-8-6-11(7-9-12)10-18-14-5-3-2-4-13(14)15(17-20)16(18)19/h2-9,19H,10H2,1H3. The number of nitrogens with zero attached hydrogens (tertiary/aromatic N) is 2. The van der Waals surface area contributed by atoms with Gasteiger partial charge in [-0.2, -0.15) is 0 Å². The van der Waals surface area contributed by atoms with E-state index >= 15 is 0 Å². The predicted molar refractivity (Wildman–Crippen MR) is 81.2 cm³/mol. The van der Waals surface area contributed by atoms with E-state index in [1.54, 1.807) is 17.7 Å². The number of rotatable bonds is 4. The molecule has 0 saturated heterocycles. The van der Waals surface area contributed by atoms with Crippen molar-refractivity contribution in [3.05, 3.63) is 59.0 Å². The van der Waals surface area contributed by atoms with Gasteiger partial charge in [0.1, 0.15) is 5.75 Å². The molecule has 5 nitrogen and oxygen atoms in total. The molecule has 2 aromatic carbocycles. The van der Waals surface area contributed by atoms with E-state index in [2.05, 4.69) is 5.18 Å². The van der Waals surface area contributed by atoms with Crippen molar-refractivity contribution in [2.45, 2.75) is 6.54 Å². The van der Waals surface area contributed by atoms with Crippen molar-refractivity contribution in [1.29, 1.82) is 0 Å². The molecule has 1 heterocycles. The van der Waals surface area contributed by atoms with Gasteiger partial charge in [0.25, 0.3) is 0 Å². The van der Waals surface area contributed by atoms with Gasteiger partial charge in [-0.1, -0.05) is 30.3 Å². The Balaban J connectivity index is 2.07. The normalized spacial score (nSPS) is 10.7. The molecule has 0 spiro atoms. The van der Waals surface area contributed by atoms with E-state index in [0.29, 0.717) is 11.9 Å². The Labute approximate surface area is 121 Å². The lowest BCUT2D eigenvalue weighted by atomic mass is 10.2. The molecule has 0 aliphatic heterocycles. The lowest BCUT2D eigenvalue weighted by molar-refractivity contribution is 0.414. The zero-order valence-corrected chi connectivity index (χ0v) is 11.5. The molecule has 0 saturated carbocycles. The first-order valence-corrected chi connectivity index (χ1v) is 6.51. The van der Waals surface area contributed by atoms with Crippen molar-refractivity contribution in [2.75, 3.05) is 7.11 Å². The molecule has 0 atom stereocenters. The minimum absolute atomic E-state index is 0.0825. The average molecular weight is 282 g/mol. The summed E-state index contributed by atoms with van der Waals surface area (Å²) in [6.07, 6.45) is 0. The smallest absolute Gasteiger partial charge is 0.222 e. The van der Waals surface area contributed by atoms with Crippen LogP contribution in [0.15, 0.2) is 53.7 Å². The highest BCUT2D eigenvalue weighted by Gasteiger charge is 2.17. The number of ether oxygens (including phenoxy) is 1. The quantitative estimate of drug-likeness (QED) is 0.740. The summed E-state index contributed by atoms with van der Waals surface area (Å²) in [6.45, 7) is 0.450. The maximum atomic E-state index is 11.0. The van der Waals surface area contributed by atoms with Gasteiger partial charge in [-0.05, 0) is 28.9 Å². The van der Waals surface area contributed by atoms with Gasteiger partial charge in [-0.3, -0.25) is 0 Å². The maximum Gasteiger partial charge on any atom is 0.222 e. The van der Waals surface area contributed by atoms with Crippen LogP contribution in [-0.4, -0.2) is 16.8 Å². The van der Waals surface area contributed by atoms with Crippen LogP contribution in [0.2, 0.25) is 0 Å². The van der Waals surface area contributed by atoms with Crippen LogP contribution in [0.4, 0.5) is 5.69 Å². The Bertz CT molecular complexity index is 791. The van der Waals surface area contributed by atoms with E-state index in [4.69, 9.17) is 4.74 Å². The van der Waals surface area contributed by atoms with Gasteiger partial charge in [-0.15, -0.1) is 4.91 Å². The monoisotopic (exact) mass is 282 g/mol. The molecule has 0 aliphatic rings. The lowest BCUT2D eigenvalue weighted by Gasteiger charge is -2.08. The fourth-order valence-corrected chi connectivity index (χ4v) is 2.44. The van der Waals surface area contributed by atoms with E-state index < -0.39 is 0 Å². The second-order valence-corrected chi connectivity index (χ2v) is 4.71. The van der Waals surface area contributed by atoms with Gasteiger partial charge in [0, 0.05) is 5.39 Å². The van der Waals surface area contributed by atoms with Crippen LogP contribution < -0.4 is 4.74 Å². The van der Waals surface area contributed by atoms with Gasteiger partial charge in [0.2, 0.25) is 5.88 Å². The molecule has 5 heteroatoms. The molecule has 0 radical (unpaired) electrons. The highest BCUT2D eigenvalue weighted by Crippen LogP contribution is 2.38. The first-order chi connectivity index (χ1) is 10.2. The van der Waals surface area contributed by atoms with Gasteiger partial charge < -0.3 is 14.4 Å². The van der Waals surface area contributed by atoms with Crippen LogP contribution in [0.1, 0.15) is 5.56 Å². The first-order valence-electron chi connectivity index (χ1n) is 6.51. The summed E-state index contributed by atoms with van der Waals surface area (Å²) in [6, 6.07) is 14.9. The van der Waals surface area contributed by atoms with Crippen molar-refractivity contribution < 1.29 is 9.84 Å². The van der Waals surface area contributed by atoms with Gasteiger partial charge >= 0.3 is 0 Å². The fraction of sp³-hybridized carbons (Fsp3) is 0.125. The molecule has 0 unspecified atom stereocenters. The van der Waals surface area contributed by atoms with Crippen LogP contribution >= 0.6 is 0 Å². The van der Waals surface area contributed by atoms with Crippen molar-refractivity contribution in [3.63, 3.8) is 0 Å². The molecule has 21 heavy (non-hydrogen) atoms. The van der Waals surface area contributed by atoms with Gasteiger partial charge in [0.05, 0.1) is 19.2 Å². The van der Waals surface area contributed by atoms with Crippen LogP contribution in [0, 0.1) is 4.91 Å². The minimum atomic E-state index is -0.109. The maximum absolute atomic E-state index is 11.0. The zero-order valence-electron chi connectivity index (χ0n) is 11.5. The zero-order chi connectivity index (χ0) is 14.8. The summed E-state index contributed by atoms with van der Waals surface area (Å²) in [7, 11) is 1.61. The third-order valence-corrected chi connectivity index (χ3v) is 3.51. The molecular formula is C16H14N2O3. The van der Waals surface area contributed by atoms with Crippen LogP contribution in [0.5, 0.6) is 11.6 Å². The molecule has 3 rings (SSSR count). The second kappa shape index (κ2) is 5.28. The van der Waals surface area contributed by atoms with E-state index in [1.807, 2.05) is 42.5 Å². The molecule has 0 amide bonds. The Morgan fingerprint density at radius 3 is 2.52 bits per heavy atom. The molecule has 106 valence electrons. The summed E-state index contributed by atoms with van der Waals surface area (Å²) in [5.74, 6) is 0.664. The number of benzene rings is 2. The molecule has 0 bridgehead atoms. The fourth-order valence-electron chi connectivity index (χ4n) is 2.44. The largest absolute Gasteiger partial charge is 0.497 e. The van der Waals surface area contributed by atoms with Gasteiger partial charge in [0.15, 0.2) is 5.69 Å². The van der Waals surface area contributed by atoms with Crippen LogP contribution in [-0.2, 0) is 6.54 Å². The van der Waals surface area contributed by atoms with E-state index in [9.17, 15) is 10.0 Å². The molecule has 0 aliphatic carbocycles. The van der Waals surface area contributed by atoms with E-state index in [1.165, 1.54) is 0 Å². The topological polar surface area (TPSA) is 63.8 Å². The lowest BCUT2D eigenvalue weighted by Crippen LogP contribution is -1.98. The van der Waals surface area contributed by atoms with Gasteiger partial charge in [-0.25, -0.2) is 0 Å². The Kier molecular flexibility index (Phi) is 3.31. The number of nitroso groups, excluding NO2 is 1. The van der Waals surface area contributed by atoms with E-state index in [-0.39, 0.29) is 11.6 Å². The molecule has 1 aromatic heterocycles. The third kappa shape index (κ3) is 2.23. The summed E-state index contributed by atoms with van der Waals surface area (Å²) >= 11 is 0. The van der Waals surface area contributed by atoms with Crippen LogP contribution in [0.3, 0.4) is 0 Å². The van der Waals surface area contributed by atoms with Crippen molar-refractivity contribution in [1.82, 2.24) is 4.57 Å². The van der Waals surface area contributed by atoms with E-state index in [0.717, 1.165) is 16.8 Å². The molecule has 3 aromatic rings. The molecular weight excluding hydrogens is 268 g/mol. The molecule has 0 fully saturated rings. The number of methoxy groups -OCH3 is 1. The Hall–Kier alpha value is -2.82. The number of para-hydroxylation sites is 1. The Morgan fingerprint density at radius 1 is 1.14 bits per heavy atom. The number of hydrogen-bond donors (Lipinski definition) is 1. The predicted octanol–water partition coefficient (Wildman–Crippen LogP) is 3.80. The summed E-state index contributed by atoms with van der Waals surface area (Å²) in [5.41, 5.74) is 1.85. The second-order valence-electron chi connectivity index (χ2n) is 4.71. The van der Waals surface area contributed by atoms with Crippen LogP contribution in [0.25, 0.3) is 10.9 Å². The highest BCUT2D eigenvalue weighted by molar-refractivity contribution is 5.95.